The van der Waals surface area contributed by atoms with E-state index in [0.29, 0.717) is 5.69 Å². The Balaban J connectivity index is 2.38. The van der Waals surface area contributed by atoms with Crippen molar-refractivity contribution in [3.05, 3.63) is 59.2 Å². The molecular weight excluding hydrogens is 264 g/mol. The van der Waals surface area contributed by atoms with Gasteiger partial charge in [0.1, 0.15) is 5.69 Å². The molecule has 0 spiro atoms. The van der Waals surface area contributed by atoms with E-state index in [-0.39, 0.29) is 11.1 Å². The summed E-state index contributed by atoms with van der Waals surface area (Å²) in [5, 5.41) is 11.1. The van der Waals surface area contributed by atoms with Gasteiger partial charge in [0.25, 0.3) is 0 Å². The molecule has 0 radical (unpaired) electrons. The van der Waals surface area contributed by atoms with E-state index in [2.05, 4.69) is 5.32 Å². The lowest BCUT2D eigenvalue weighted by atomic mass is 10.1. The van der Waals surface area contributed by atoms with Crippen molar-refractivity contribution in [2.45, 2.75) is 0 Å². The number of carbonyl (C=O) groups excluding carboxylic acids is 1. The quantitative estimate of drug-likeness (QED) is 0.902. The molecule has 2 rings (SSSR count). The second-order valence-corrected chi connectivity index (χ2v) is 4.00. The molecule has 0 heterocycles. The lowest BCUT2D eigenvalue weighted by molar-refractivity contribution is 0.100. The molecule has 1 amide bonds. The molecule has 0 atom stereocenters. The predicted octanol–water partition coefficient (Wildman–Crippen LogP) is 2.68. The number of hydrogen-bond donors (Lipinski definition) is 2. The molecule has 0 aliphatic rings. The average molecular weight is 273 g/mol. The maximum atomic E-state index is 13.7. The van der Waals surface area contributed by atoms with Gasteiger partial charge in [-0.15, -0.1) is 0 Å². The van der Waals surface area contributed by atoms with Gasteiger partial charge in [0.2, 0.25) is 5.91 Å². The fourth-order valence-electron chi connectivity index (χ4n) is 1.65. The second-order valence-electron chi connectivity index (χ2n) is 4.00. The van der Waals surface area contributed by atoms with Gasteiger partial charge in [-0.3, -0.25) is 4.79 Å². The zero-order valence-electron chi connectivity index (χ0n) is 10.2. The number of nitriles is 1. The Hall–Kier alpha value is -2.94. The van der Waals surface area contributed by atoms with Crippen molar-refractivity contribution in [2.24, 2.45) is 5.73 Å². The number of nitrogens with two attached hydrogens (primary N) is 1. The Bertz CT molecular complexity index is 700. The van der Waals surface area contributed by atoms with Crippen LogP contribution in [0.25, 0.3) is 0 Å². The van der Waals surface area contributed by atoms with Crippen molar-refractivity contribution in [2.75, 3.05) is 5.32 Å². The largest absolute Gasteiger partial charge is 0.366 e. The summed E-state index contributed by atoms with van der Waals surface area (Å²) in [7, 11) is 0. The molecule has 0 aliphatic carbocycles. The first-order chi connectivity index (χ1) is 9.51. The maximum Gasteiger partial charge on any atom is 0.248 e. The van der Waals surface area contributed by atoms with Crippen LogP contribution in [0, 0.1) is 23.0 Å². The number of benzene rings is 2. The van der Waals surface area contributed by atoms with Crippen LogP contribution < -0.4 is 11.1 Å². The van der Waals surface area contributed by atoms with Crippen molar-refractivity contribution in [3.63, 3.8) is 0 Å². The Morgan fingerprint density at radius 2 is 1.85 bits per heavy atom. The third-order valence-electron chi connectivity index (χ3n) is 2.59. The Labute approximate surface area is 113 Å². The summed E-state index contributed by atoms with van der Waals surface area (Å²) in [5.74, 6) is -2.44. The van der Waals surface area contributed by atoms with E-state index >= 15 is 0 Å². The summed E-state index contributed by atoms with van der Waals surface area (Å²) < 4.78 is 27.4. The van der Waals surface area contributed by atoms with Gasteiger partial charge in [0.15, 0.2) is 11.6 Å². The topological polar surface area (TPSA) is 78.9 Å². The van der Waals surface area contributed by atoms with E-state index in [0.717, 1.165) is 12.1 Å². The van der Waals surface area contributed by atoms with Crippen LogP contribution in [0.15, 0.2) is 36.4 Å². The third kappa shape index (κ3) is 2.72. The average Bonchev–Trinajstić information content (AvgIpc) is 2.42. The molecule has 0 fully saturated rings. The molecule has 3 N–H and O–H groups in total. The number of anilines is 2. The highest BCUT2D eigenvalue weighted by Crippen LogP contribution is 2.25. The number of halogens is 2. The Kier molecular flexibility index (Phi) is 3.62. The van der Waals surface area contributed by atoms with Crippen LogP contribution in [0.1, 0.15) is 15.9 Å². The summed E-state index contributed by atoms with van der Waals surface area (Å²) in [6, 6.07) is 9.42. The highest BCUT2D eigenvalue weighted by molar-refractivity contribution is 5.93. The molecule has 100 valence electrons. The zero-order valence-corrected chi connectivity index (χ0v) is 10.2. The van der Waals surface area contributed by atoms with E-state index in [1.807, 2.05) is 0 Å². The normalized spacial score (nSPS) is 9.85. The minimum Gasteiger partial charge on any atom is -0.366 e. The molecule has 0 bridgehead atoms. The lowest BCUT2D eigenvalue weighted by Crippen LogP contribution is -2.11. The standard InChI is InChI=1S/C14H9F2N3O/c15-11-4-8(7-17)5-12(16)13(11)19-10-3-1-2-9(6-10)14(18)20/h1-6,19H,(H2,18,20). The molecular formula is C14H9F2N3O. The first-order valence-electron chi connectivity index (χ1n) is 5.57. The molecule has 0 aromatic heterocycles. The van der Waals surface area contributed by atoms with Crippen molar-refractivity contribution in [1.29, 1.82) is 5.26 Å². The first kappa shape index (κ1) is 13.5. The zero-order chi connectivity index (χ0) is 14.7. The van der Waals surface area contributed by atoms with Crippen molar-refractivity contribution in [3.8, 4) is 6.07 Å². The summed E-state index contributed by atoms with van der Waals surface area (Å²) in [6.07, 6.45) is 0. The molecule has 6 heteroatoms. The number of nitrogens with zero attached hydrogens (tertiary/aromatic N) is 1. The SMILES string of the molecule is N#Cc1cc(F)c(Nc2cccc(C(N)=O)c2)c(F)c1. The summed E-state index contributed by atoms with van der Waals surface area (Å²) >= 11 is 0. The molecule has 0 saturated heterocycles. The summed E-state index contributed by atoms with van der Waals surface area (Å²) in [6.45, 7) is 0. The minimum atomic E-state index is -0.897. The van der Waals surface area contributed by atoms with Crippen LogP contribution in [0.5, 0.6) is 0 Å². The fraction of sp³-hybridized carbons (Fsp3) is 0. The summed E-state index contributed by atoms with van der Waals surface area (Å²) in [4.78, 5) is 11.0. The highest BCUT2D eigenvalue weighted by Gasteiger charge is 2.12. The molecule has 2 aromatic carbocycles. The number of amides is 1. The predicted molar refractivity (Wildman–Crippen MR) is 69.3 cm³/mol. The van der Waals surface area contributed by atoms with Crippen LogP contribution in [0.2, 0.25) is 0 Å². The number of rotatable bonds is 3. The van der Waals surface area contributed by atoms with E-state index in [1.165, 1.54) is 24.3 Å². The Morgan fingerprint density at radius 3 is 2.40 bits per heavy atom. The number of primary amides is 1. The van der Waals surface area contributed by atoms with Gasteiger partial charge in [0, 0.05) is 11.3 Å². The van der Waals surface area contributed by atoms with E-state index in [9.17, 15) is 13.6 Å². The van der Waals surface area contributed by atoms with Gasteiger partial charge in [-0.1, -0.05) is 6.07 Å². The van der Waals surface area contributed by atoms with Gasteiger partial charge < -0.3 is 11.1 Å². The fourth-order valence-corrected chi connectivity index (χ4v) is 1.65. The van der Waals surface area contributed by atoms with E-state index in [4.69, 9.17) is 11.0 Å². The van der Waals surface area contributed by atoms with Crippen molar-refractivity contribution in [1.82, 2.24) is 0 Å². The Morgan fingerprint density at radius 1 is 1.20 bits per heavy atom. The molecule has 0 saturated carbocycles. The van der Waals surface area contributed by atoms with Crippen LogP contribution in [0.4, 0.5) is 20.2 Å². The minimum absolute atomic E-state index is 0.114. The molecule has 20 heavy (non-hydrogen) atoms. The molecule has 0 aliphatic heterocycles. The second kappa shape index (κ2) is 5.36. The van der Waals surface area contributed by atoms with Gasteiger partial charge >= 0.3 is 0 Å². The summed E-state index contributed by atoms with van der Waals surface area (Å²) in [5.41, 5.74) is 5.13. The molecule has 2 aromatic rings. The molecule has 4 nitrogen and oxygen atoms in total. The number of carbonyl (C=O) groups is 1. The highest BCUT2D eigenvalue weighted by atomic mass is 19.1. The van der Waals surface area contributed by atoms with Crippen molar-refractivity contribution < 1.29 is 13.6 Å². The number of nitrogens with one attached hydrogen (secondary N) is 1. The molecule has 0 unspecified atom stereocenters. The third-order valence-corrected chi connectivity index (χ3v) is 2.59. The van der Waals surface area contributed by atoms with E-state index < -0.39 is 23.2 Å². The van der Waals surface area contributed by atoms with Crippen LogP contribution in [-0.2, 0) is 0 Å². The van der Waals surface area contributed by atoms with Gasteiger partial charge in [-0.25, -0.2) is 8.78 Å². The monoisotopic (exact) mass is 273 g/mol. The van der Waals surface area contributed by atoms with E-state index in [1.54, 1.807) is 6.07 Å². The maximum absolute atomic E-state index is 13.7. The van der Waals surface area contributed by atoms with Gasteiger partial charge in [-0.05, 0) is 30.3 Å². The van der Waals surface area contributed by atoms with Crippen LogP contribution in [0.3, 0.4) is 0 Å². The smallest absolute Gasteiger partial charge is 0.248 e. The van der Waals surface area contributed by atoms with Crippen LogP contribution in [-0.4, -0.2) is 5.91 Å². The lowest BCUT2D eigenvalue weighted by Gasteiger charge is -2.09. The van der Waals surface area contributed by atoms with Crippen LogP contribution >= 0.6 is 0 Å². The van der Waals surface area contributed by atoms with Gasteiger partial charge in [-0.2, -0.15) is 5.26 Å². The van der Waals surface area contributed by atoms with Gasteiger partial charge in [0.05, 0.1) is 11.6 Å². The first-order valence-corrected chi connectivity index (χ1v) is 5.57. The van der Waals surface area contributed by atoms with Crippen molar-refractivity contribution >= 4 is 17.3 Å². The number of hydrogen-bond acceptors (Lipinski definition) is 3.